The van der Waals surface area contributed by atoms with Crippen LogP contribution in [0.25, 0.3) is 5.65 Å². The van der Waals surface area contributed by atoms with Gasteiger partial charge < -0.3 is 9.72 Å². The van der Waals surface area contributed by atoms with Crippen LogP contribution in [0, 0.1) is 5.82 Å². The molecule has 4 nitrogen and oxygen atoms in total. The Morgan fingerprint density at radius 2 is 2.14 bits per heavy atom. The molecule has 0 saturated carbocycles. The van der Waals surface area contributed by atoms with Crippen LogP contribution >= 0.6 is 15.9 Å². The van der Waals surface area contributed by atoms with E-state index in [0.29, 0.717) is 5.56 Å². The van der Waals surface area contributed by atoms with Gasteiger partial charge in [0.15, 0.2) is 0 Å². The van der Waals surface area contributed by atoms with Crippen LogP contribution in [0.2, 0.25) is 0 Å². The molecule has 6 heteroatoms. The second-order valence-corrected chi connectivity index (χ2v) is 5.45. The molecule has 0 bridgehead atoms. The van der Waals surface area contributed by atoms with Crippen molar-refractivity contribution in [3.05, 3.63) is 70.3 Å². The standard InChI is InChI=1S/C15H11BrFN3O/c16-11-4-5-14-19-13(9-20(14)8-11)7-18-15(21)10-2-1-3-12(17)6-10/h1-6,8-9H,7H2,(H,18,21). The van der Waals surface area contributed by atoms with Crippen LogP contribution in [0.4, 0.5) is 4.39 Å². The van der Waals surface area contributed by atoms with Gasteiger partial charge in [-0.15, -0.1) is 0 Å². The van der Waals surface area contributed by atoms with Crippen LogP contribution in [0.15, 0.2) is 53.3 Å². The van der Waals surface area contributed by atoms with E-state index in [1.54, 1.807) is 6.07 Å². The smallest absolute Gasteiger partial charge is 0.251 e. The maximum absolute atomic E-state index is 13.1. The summed E-state index contributed by atoms with van der Waals surface area (Å²) in [6, 6.07) is 9.36. The Morgan fingerprint density at radius 1 is 1.29 bits per heavy atom. The molecule has 0 spiro atoms. The molecule has 0 unspecified atom stereocenters. The average molecular weight is 348 g/mol. The summed E-state index contributed by atoms with van der Waals surface area (Å²) >= 11 is 3.39. The van der Waals surface area contributed by atoms with E-state index in [1.165, 1.54) is 18.2 Å². The maximum atomic E-state index is 13.1. The fourth-order valence-corrected chi connectivity index (χ4v) is 2.36. The minimum absolute atomic E-state index is 0.286. The minimum atomic E-state index is -0.430. The van der Waals surface area contributed by atoms with E-state index < -0.39 is 5.82 Å². The third kappa shape index (κ3) is 3.11. The van der Waals surface area contributed by atoms with E-state index in [4.69, 9.17) is 0 Å². The number of benzene rings is 1. The summed E-state index contributed by atoms with van der Waals surface area (Å²) in [5, 5.41) is 2.72. The molecule has 3 aromatic rings. The highest BCUT2D eigenvalue weighted by molar-refractivity contribution is 9.10. The molecule has 106 valence electrons. The fraction of sp³-hybridized carbons (Fsp3) is 0.0667. The largest absolute Gasteiger partial charge is 0.346 e. The molecule has 1 N–H and O–H groups in total. The molecule has 1 amide bonds. The highest BCUT2D eigenvalue weighted by Gasteiger charge is 2.08. The van der Waals surface area contributed by atoms with Crippen molar-refractivity contribution < 1.29 is 9.18 Å². The number of nitrogens with zero attached hydrogens (tertiary/aromatic N) is 2. The Labute approximate surface area is 128 Å². The highest BCUT2D eigenvalue weighted by Crippen LogP contribution is 2.12. The first-order valence-corrected chi connectivity index (χ1v) is 7.08. The number of halogens is 2. The summed E-state index contributed by atoms with van der Waals surface area (Å²) in [5.74, 6) is -0.757. The molecule has 3 rings (SSSR count). The van der Waals surface area contributed by atoms with Crippen molar-refractivity contribution in [2.75, 3.05) is 0 Å². The zero-order valence-corrected chi connectivity index (χ0v) is 12.5. The van der Waals surface area contributed by atoms with Gasteiger partial charge in [-0.3, -0.25) is 4.79 Å². The molecule has 2 heterocycles. The van der Waals surface area contributed by atoms with Gasteiger partial charge in [-0.25, -0.2) is 9.37 Å². The first-order chi connectivity index (χ1) is 10.1. The number of carbonyl (C=O) groups excluding carboxylic acids is 1. The Kier molecular flexibility index (Phi) is 3.70. The molecule has 0 saturated heterocycles. The Balaban J connectivity index is 1.72. The summed E-state index contributed by atoms with van der Waals surface area (Å²) < 4.78 is 15.9. The topological polar surface area (TPSA) is 46.4 Å². The third-order valence-electron chi connectivity index (χ3n) is 2.98. The maximum Gasteiger partial charge on any atom is 0.251 e. The average Bonchev–Trinajstić information content (AvgIpc) is 2.86. The van der Waals surface area contributed by atoms with Crippen molar-refractivity contribution in [2.24, 2.45) is 0 Å². The van der Waals surface area contributed by atoms with E-state index in [1.807, 2.05) is 28.9 Å². The second kappa shape index (κ2) is 5.65. The molecule has 0 aliphatic rings. The number of aromatic nitrogens is 2. The number of amides is 1. The number of rotatable bonds is 3. The molecule has 0 radical (unpaired) electrons. The molecular weight excluding hydrogens is 337 g/mol. The normalized spacial score (nSPS) is 10.8. The lowest BCUT2D eigenvalue weighted by molar-refractivity contribution is 0.0950. The van der Waals surface area contributed by atoms with E-state index >= 15 is 0 Å². The van der Waals surface area contributed by atoms with E-state index in [9.17, 15) is 9.18 Å². The van der Waals surface area contributed by atoms with Gasteiger partial charge in [-0.2, -0.15) is 0 Å². The van der Waals surface area contributed by atoms with Crippen LogP contribution in [-0.2, 0) is 6.54 Å². The second-order valence-electron chi connectivity index (χ2n) is 4.54. The Bertz CT molecular complexity index is 816. The summed E-state index contributed by atoms with van der Waals surface area (Å²) in [4.78, 5) is 16.3. The summed E-state index contributed by atoms with van der Waals surface area (Å²) in [6.45, 7) is 0.286. The lowest BCUT2D eigenvalue weighted by Crippen LogP contribution is -2.23. The zero-order valence-electron chi connectivity index (χ0n) is 10.9. The van der Waals surface area contributed by atoms with E-state index in [-0.39, 0.29) is 12.5 Å². The number of imidazole rings is 1. The predicted octanol–water partition coefficient (Wildman–Crippen LogP) is 3.17. The lowest BCUT2D eigenvalue weighted by atomic mass is 10.2. The van der Waals surface area contributed by atoms with Gasteiger partial charge in [0.2, 0.25) is 0 Å². The summed E-state index contributed by atoms with van der Waals surface area (Å²) in [5.41, 5.74) is 1.83. The summed E-state index contributed by atoms with van der Waals surface area (Å²) in [7, 11) is 0. The first-order valence-electron chi connectivity index (χ1n) is 6.29. The van der Waals surface area contributed by atoms with Crippen molar-refractivity contribution in [3.63, 3.8) is 0 Å². The minimum Gasteiger partial charge on any atom is -0.346 e. The zero-order chi connectivity index (χ0) is 14.8. The van der Waals surface area contributed by atoms with Gasteiger partial charge in [0.1, 0.15) is 11.5 Å². The molecular formula is C15H11BrFN3O. The van der Waals surface area contributed by atoms with Crippen molar-refractivity contribution in [2.45, 2.75) is 6.54 Å². The third-order valence-corrected chi connectivity index (χ3v) is 3.45. The first kappa shape index (κ1) is 13.8. The van der Waals surface area contributed by atoms with Gasteiger partial charge in [0.05, 0.1) is 12.2 Å². The summed E-state index contributed by atoms with van der Waals surface area (Å²) in [6.07, 6.45) is 3.73. The van der Waals surface area contributed by atoms with Gasteiger partial charge in [-0.1, -0.05) is 6.07 Å². The molecule has 0 aliphatic heterocycles. The van der Waals surface area contributed by atoms with Gasteiger partial charge >= 0.3 is 0 Å². The van der Waals surface area contributed by atoms with E-state index in [0.717, 1.165) is 15.8 Å². The van der Waals surface area contributed by atoms with Crippen LogP contribution in [0.3, 0.4) is 0 Å². The molecule has 1 aromatic carbocycles. The number of hydrogen-bond donors (Lipinski definition) is 1. The van der Waals surface area contributed by atoms with Gasteiger partial charge in [-0.05, 0) is 46.3 Å². The quantitative estimate of drug-likeness (QED) is 0.790. The van der Waals surface area contributed by atoms with Crippen LogP contribution in [-0.4, -0.2) is 15.3 Å². The SMILES string of the molecule is O=C(NCc1cn2cc(Br)ccc2n1)c1cccc(F)c1. The number of pyridine rings is 1. The monoisotopic (exact) mass is 347 g/mol. The lowest BCUT2D eigenvalue weighted by Gasteiger charge is -2.02. The van der Waals surface area contributed by atoms with Crippen LogP contribution in [0.5, 0.6) is 0 Å². The fourth-order valence-electron chi connectivity index (χ4n) is 2.00. The number of hydrogen-bond acceptors (Lipinski definition) is 2. The molecule has 0 aliphatic carbocycles. The van der Waals surface area contributed by atoms with Crippen LogP contribution < -0.4 is 5.32 Å². The Hall–Kier alpha value is -2.21. The van der Waals surface area contributed by atoms with E-state index in [2.05, 4.69) is 26.2 Å². The number of carbonyl (C=O) groups is 1. The van der Waals surface area contributed by atoms with Gasteiger partial charge in [0.25, 0.3) is 5.91 Å². The van der Waals surface area contributed by atoms with Crippen molar-refractivity contribution >= 4 is 27.5 Å². The van der Waals surface area contributed by atoms with Crippen molar-refractivity contribution in [1.82, 2.24) is 14.7 Å². The number of nitrogens with one attached hydrogen (secondary N) is 1. The molecule has 0 atom stereocenters. The number of fused-ring (bicyclic) bond motifs is 1. The predicted molar refractivity (Wildman–Crippen MR) is 80.5 cm³/mol. The molecule has 2 aromatic heterocycles. The van der Waals surface area contributed by atoms with Gasteiger partial charge in [0, 0.05) is 22.4 Å². The highest BCUT2D eigenvalue weighted by atomic mass is 79.9. The van der Waals surface area contributed by atoms with Crippen molar-refractivity contribution in [1.29, 1.82) is 0 Å². The van der Waals surface area contributed by atoms with Crippen LogP contribution in [0.1, 0.15) is 16.1 Å². The molecule has 21 heavy (non-hydrogen) atoms. The molecule has 0 fully saturated rings. The van der Waals surface area contributed by atoms with Crippen molar-refractivity contribution in [3.8, 4) is 0 Å². The Morgan fingerprint density at radius 3 is 2.95 bits per heavy atom.